The van der Waals surface area contributed by atoms with Crippen molar-refractivity contribution in [3.8, 4) is 5.75 Å². The van der Waals surface area contributed by atoms with Gasteiger partial charge in [0, 0.05) is 5.56 Å². The summed E-state index contributed by atoms with van der Waals surface area (Å²) in [6, 6.07) is 12.4. The number of amides is 1. The van der Waals surface area contributed by atoms with E-state index in [0.717, 1.165) is 11.3 Å². The maximum atomic E-state index is 12.3. The molecule has 1 heterocycles. The quantitative estimate of drug-likeness (QED) is 0.344. The molecule has 0 radical (unpaired) electrons. The summed E-state index contributed by atoms with van der Waals surface area (Å²) in [6.45, 7) is 0.159. The van der Waals surface area contributed by atoms with Crippen molar-refractivity contribution in [2.45, 2.75) is 6.54 Å². The summed E-state index contributed by atoms with van der Waals surface area (Å²) in [5.74, 6) is -0.906. The van der Waals surface area contributed by atoms with Crippen LogP contribution in [0.15, 0.2) is 58.4 Å². The smallest absolute Gasteiger partial charge is 0.337 e. The zero-order valence-corrected chi connectivity index (χ0v) is 17.2. The Kier molecular flexibility index (Phi) is 6.65. The number of esters is 1. The Morgan fingerprint density at radius 2 is 1.97 bits per heavy atom. The SMILES string of the molecule is COC(=O)c1cccc(Cn2c(Cl)c(/C=N\NC(=O)c3ccc(O)cc3)sc2=O)c1. The fraction of sp³-hybridized carbons (Fsp3) is 0.100. The van der Waals surface area contributed by atoms with Gasteiger partial charge in [-0.25, -0.2) is 10.2 Å². The van der Waals surface area contributed by atoms with Crippen LogP contribution in [0.3, 0.4) is 0 Å². The van der Waals surface area contributed by atoms with E-state index in [0.29, 0.717) is 21.6 Å². The second kappa shape index (κ2) is 9.38. The minimum atomic E-state index is -0.478. The Bertz CT molecular complexity index is 1170. The highest BCUT2D eigenvalue weighted by Crippen LogP contribution is 2.19. The standard InChI is InChI=1S/C20H16ClN3O5S/c1-29-19(27)14-4-2-3-12(9-14)11-24-17(21)16(30-20(24)28)10-22-23-18(26)13-5-7-15(25)8-6-13/h2-10,25H,11H2,1H3,(H,23,26)/b22-10-. The van der Waals surface area contributed by atoms with E-state index in [2.05, 4.69) is 10.5 Å². The minimum absolute atomic E-state index is 0.0464. The van der Waals surface area contributed by atoms with Crippen molar-refractivity contribution in [3.05, 3.63) is 84.9 Å². The number of nitrogens with one attached hydrogen (secondary N) is 1. The van der Waals surface area contributed by atoms with Gasteiger partial charge in [-0.15, -0.1) is 0 Å². The van der Waals surface area contributed by atoms with Crippen LogP contribution in [0.1, 0.15) is 31.2 Å². The molecule has 0 fully saturated rings. The Morgan fingerprint density at radius 1 is 1.23 bits per heavy atom. The summed E-state index contributed by atoms with van der Waals surface area (Å²) in [6.07, 6.45) is 1.29. The number of hydrogen-bond donors (Lipinski definition) is 2. The number of thiazole rings is 1. The molecular weight excluding hydrogens is 430 g/mol. The number of halogens is 1. The topological polar surface area (TPSA) is 110 Å². The van der Waals surface area contributed by atoms with E-state index >= 15 is 0 Å². The molecule has 0 aliphatic heterocycles. The van der Waals surface area contributed by atoms with Crippen LogP contribution in [0.5, 0.6) is 5.75 Å². The van der Waals surface area contributed by atoms with E-state index in [1.54, 1.807) is 24.3 Å². The first-order valence-corrected chi connectivity index (χ1v) is 9.77. The average Bonchev–Trinajstić information content (AvgIpc) is 3.01. The molecule has 0 saturated carbocycles. The van der Waals surface area contributed by atoms with Gasteiger partial charge in [0.1, 0.15) is 10.9 Å². The van der Waals surface area contributed by atoms with Crippen LogP contribution in [0.4, 0.5) is 0 Å². The third kappa shape index (κ3) is 4.94. The normalized spacial score (nSPS) is 10.9. The van der Waals surface area contributed by atoms with Gasteiger partial charge in [0.25, 0.3) is 5.91 Å². The summed E-state index contributed by atoms with van der Waals surface area (Å²) in [5.41, 5.74) is 3.71. The molecule has 8 nitrogen and oxygen atoms in total. The molecule has 3 aromatic rings. The van der Waals surface area contributed by atoms with Gasteiger partial charge in [-0.1, -0.05) is 35.1 Å². The fourth-order valence-electron chi connectivity index (χ4n) is 2.54. The van der Waals surface area contributed by atoms with E-state index < -0.39 is 11.9 Å². The lowest BCUT2D eigenvalue weighted by molar-refractivity contribution is 0.0600. The fourth-order valence-corrected chi connectivity index (χ4v) is 3.65. The predicted molar refractivity (Wildman–Crippen MR) is 114 cm³/mol. The van der Waals surface area contributed by atoms with Crippen LogP contribution >= 0.6 is 22.9 Å². The molecule has 0 aliphatic rings. The van der Waals surface area contributed by atoms with E-state index in [1.165, 1.54) is 42.2 Å². The van der Waals surface area contributed by atoms with Crippen molar-refractivity contribution in [1.29, 1.82) is 0 Å². The maximum Gasteiger partial charge on any atom is 0.337 e. The third-order valence-electron chi connectivity index (χ3n) is 4.02. The summed E-state index contributed by atoms with van der Waals surface area (Å²) < 4.78 is 6.04. The summed E-state index contributed by atoms with van der Waals surface area (Å²) >= 11 is 7.18. The van der Waals surface area contributed by atoms with Crippen molar-refractivity contribution in [2.24, 2.45) is 5.10 Å². The number of nitrogens with zero attached hydrogens (tertiary/aromatic N) is 2. The van der Waals surface area contributed by atoms with E-state index in [4.69, 9.17) is 16.3 Å². The second-order valence-corrected chi connectivity index (χ2v) is 7.40. The predicted octanol–water partition coefficient (Wildman–Crippen LogP) is 2.87. The van der Waals surface area contributed by atoms with Gasteiger partial charge < -0.3 is 9.84 Å². The highest BCUT2D eigenvalue weighted by Gasteiger charge is 2.13. The maximum absolute atomic E-state index is 12.3. The number of rotatable bonds is 6. The molecule has 0 aliphatic carbocycles. The monoisotopic (exact) mass is 445 g/mol. The highest BCUT2D eigenvalue weighted by atomic mass is 35.5. The van der Waals surface area contributed by atoms with Gasteiger partial charge in [0.2, 0.25) is 0 Å². The lowest BCUT2D eigenvalue weighted by Gasteiger charge is -2.06. The van der Waals surface area contributed by atoms with Crippen LogP contribution in [0.25, 0.3) is 0 Å². The zero-order valence-electron chi connectivity index (χ0n) is 15.7. The van der Waals surface area contributed by atoms with Gasteiger partial charge in [0.05, 0.1) is 30.3 Å². The molecule has 0 bridgehead atoms. The Labute approximate surface area is 180 Å². The number of benzene rings is 2. The van der Waals surface area contributed by atoms with Crippen LogP contribution in [-0.2, 0) is 11.3 Å². The van der Waals surface area contributed by atoms with Crippen molar-refractivity contribution < 1.29 is 19.4 Å². The first-order valence-electron chi connectivity index (χ1n) is 8.58. The first-order chi connectivity index (χ1) is 14.4. The largest absolute Gasteiger partial charge is 0.508 e. The molecule has 3 rings (SSSR count). The summed E-state index contributed by atoms with van der Waals surface area (Å²) in [5, 5.41) is 13.3. The number of hydrazone groups is 1. The number of phenols is 1. The average molecular weight is 446 g/mol. The van der Waals surface area contributed by atoms with Crippen molar-refractivity contribution >= 4 is 41.0 Å². The van der Waals surface area contributed by atoms with Crippen molar-refractivity contribution in [2.75, 3.05) is 7.11 Å². The van der Waals surface area contributed by atoms with Gasteiger partial charge in [0.15, 0.2) is 0 Å². The van der Waals surface area contributed by atoms with E-state index in [9.17, 15) is 19.5 Å². The van der Waals surface area contributed by atoms with E-state index in [-0.39, 0.29) is 22.3 Å². The molecule has 0 spiro atoms. The van der Waals surface area contributed by atoms with Gasteiger partial charge >= 0.3 is 10.8 Å². The van der Waals surface area contributed by atoms with Gasteiger partial charge in [-0.2, -0.15) is 5.10 Å². The Balaban J connectivity index is 1.73. The molecule has 154 valence electrons. The van der Waals surface area contributed by atoms with Crippen molar-refractivity contribution in [1.82, 2.24) is 9.99 Å². The molecule has 1 aromatic heterocycles. The van der Waals surface area contributed by atoms with Crippen LogP contribution in [0.2, 0.25) is 5.15 Å². The van der Waals surface area contributed by atoms with Crippen molar-refractivity contribution in [3.63, 3.8) is 0 Å². The highest BCUT2D eigenvalue weighted by molar-refractivity contribution is 7.11. The Hall–Kier alpha value is -3.43. The molecule has 2 aromatic carbocycles. The number of phenolic OH excluding ortho intramolecular Hbond substituents is 1. The number of methoxy groups -OCH3 is 1. The first kappa shape index (κ1) is 21.3. The van der Waals surface area contributed by atoms with Gasteiger partial charge in [-0.05, 0) is 42.0 Å². The number of ether oxygens (including phenoxy) is 1. The molecule has 10 heteroatoms. The molecule has 0 unspecified atom stereocenters. The van der Waals surface area contributed by atoms with Gasteiger partial charge in [-0.3, -0.25) is 14.2 Å². The summed E-state index contributed by atoms with van der Waals surface area (Å²) in [4.78, 5) is 36.1. The number of aromatic nitrogens is 1. The molecule has 2 N–H and O–H groups in total. The third-order valence-corrected chi connectivity index (χ3v) is 5.46. The lowest BCUT2D eigenvalue weighted by atomic mass is 10.1. The zero-order chi connectivity index (χ0) is 21.7. The number of carbonyl (C=O) groups excluding carboxylic acids is 2. The molecular formula is C20H16ClN3O5S. The Morgan fingerprint density at radius 3 is 2.67 bits per heavy atom. The van der Waals surface area contributed by atoms with Crippen LogP contribution < -0.4 is 10.3 Å². The number of carbonyl (C=O) groups is 2. The molecule has 30 heavy (non-hydrogen) atoms. The summed E-state index contributed by atoms with van der Waals surface area (Å²) in [7, 11) is 1.29. The van der Waals surface area contributed by atoms with Crippen LogP contribution in [-0.4, -0.2) is 34.9 Å². The van der Waals surface area contributed by atoms with Crippen LogP contribution in [0, 0.1) is 0 Å². The minimum Gasteiger partial charge on any atom is -0.508 e. The second-order valence-electron chi connectivity index (χ2n) is 6.05. The van der Waals surface area contributed by atoms with E-state index in [1.807, 2.05) is 0 Å². The molecule has 0 atom stereocenters. The lowest BCUT2D eigenvalue weighted by Crippen LogP contribution is -2.17. The number of hydrogen-bond acceptors (Lipinski definition) is 7. The molecule has 1 amide bonds. The number of aromatic hydroxyl groups is 1. The molecule has 0 saturated heterocycles.